The number of alkyl halides is 2. The van der Waals surface area contributed by atoms with E-state index in [4.69, 9.17) is 0 Å². The van der Waals surface area contributed by atoms with Gasteiger partial charge in [-0.25, -0.2) is 8.78 Å². The number of benzene rings is 1. The third-order valence-corrected chi connectivity index (χ3v) is 9.90. The van der Waals surface area contributed by atoms with Gasteiger partial charge in [-0.05, 0) is 82.9 Å². The van der Waals surface area contributed by atoms with Gasteiger partial charge in [-0.15, -0.1) is 11.8 Å². The zero-order chi connectivity index (χ0) is 31.1. The fourth-order valence-corrected chi connectivity index (χ4v) is 7.62. The lowest BCUT2D eigenvalue weighted by Crippen LogP contribution is -2.52. The number of hydrogen-bond donors (Lipinski definition) is 4. The molecule has 232 valence electrons. The number of fused-ring (bicyclic) bond motifs is 1. The quantitative estimate of drug-likeness (QED) is 0.219. The van der Waals surface area contributed by atoms with Gasteiger partial charge in [0.1, 0.15) is 0 Å². The van der Waals surface area contributed by atoms with E-state index in [1.54, 1.807) is 6.07 Å². The molecule has 4 N–H and O–H groups in total. The smallest absolute Gasteiger partial charge is 0.254 e. The van der Waals surface area contributed by atoms with Crippen molar-refractivity contribution in [1.82, 2.24) is 20.2 Å². The van der Waals surface area contributed by atoms with Gasteiger partial charge < -0.3 is 25.5 Å². The summed E-state index contributed by atoms with van der Waals surface area (Å²) in [6.07, 6.45) is 5.49. The molecule has 2 aromatic heterocycles. The minimum atomic E-state index is -2.52. The number of halogens is 2. The van der Waals surface area contributed by atoms with E-state index in [9.17, 15) is 23.2 Å². The first kappa shape index (κ1) is 31.3. The van der Waals surface area contributed by atoms with Crippen LogP contribution in [-0.4, -0.2) is 45.6 Å². The number of hydrogen-bond acceptors (Lipinski definition) is 5. The minimum absolute atomic E-state index is 0.0636. The molecule has 5 rings (SSSR count). The van der Waals surface area contributed by atoms with Crippen LogP contribution in [0.4, 0.5) is 14.5 Å². The highest BCUT2D eigenvalue weighted by Crippen LogP contribution is 2.41. The number of anilines is 1. The van der Waals surface area contributed by atoms with E-state index in [1.807, 2.05) is 38.3 Å². The average Bonchev–Trinajstić information content (AvgIpc) is 3.21. The Balaban J connectivity index is 1.40. The monoisotopic (exact) mass is 613 g/mol. The van der Waals surface area contributed by atoms with Crippen molar-refractivity contribution in [2.45, 2.75) is 102 Å². The lowest BCUT2D eigenvalue weighted by molar-refractivity contribution is -0.114. The van der Waals surface area contributed by atoms with Gasteiger partial charge in [-0.1, -0.05) is 0 Å². The van der Waals surface area contributed by atoms with Gasteiger partial charge in [-0.3, -0.25) is 14.4 Å². The number of aromatic amines is 1. The Morgan fingerprint density at radius 2 is 1.81 bits per heavy atom. The predicted molar refractivity (Wildman–Crippen MR) is 167 cm³/mol. The second-order valence-corrected chi connectivity index (χ2v) is 13.1. The van der Waals surface area contributed by atoms with Crippen LogP contribution in [0, 0.1) is 19.8 Å². The van der Waals surface area contributed by atoms with E-state index >= 15 is 0 Å². The van der Waals surface area contributed by atoms with Crippen molar-refractivity contribution in [3.05, 3.63) is 57.1 Å². The molecular formula is C32H41F2N5O3S. The lowest BCUT2D eigenvalue weighted by Gasteiger charge is -2.41. The van der Waals surface area contributed by atoms with Crippen LogP contribution in [0.2, 0.25) is 0 Å². The molecule has 2 aliphatic carbocycles. The summed E-state index contributed by atoms with van der Waals surface area (Å²) in [5.41, 5.74) is 3.95. The Kier molecular flexibility index (Phi) is 9.04. The normalized spacial score (nSPS) is 20.9. The molecule has 0 spiro atoms. The minimum Gasteiger partial charge on any atom is -0.348 e. The summed E-state index contributed by atoms with van der Waals surface area (Å²) >= 11 is 1.47. The van der Waals surface area contributed by atoms with Crippen molar-refractivity contribution in [3.63, 3.8) is 0 Å². The lowest BCUT2D eigenvalue weighted by atomic mass is 9.80. The van der Waals surface area contributed by atoms with Crippen LogP contribution in [0.5, 0.6) is 0 Å². The van der Waals surface area contributed by atoms with Gasteiger partial charge in [-0.2, -0.15) is 0 Å². The van der Waals surface area contributed by atoms with Crippen LogP contribution in [-0.2, 0) is 11.3 Å². The number of H-pyrrole nitrogens is 1. The Labute approximate surface area is 254 Å². The molecular weight excluding hydrogens is 572 g/mol. The molecule has 3 aromatic rings. The number of amides is 2. The van der Waals surface area contributed by atoms with Crippen LogP contribution in [0.1, 0.15) is 85.7 Å². The Morgan fingerprint density at radius 1 is 1.12 bits per heavy atom. The molecule has 0 unspecified atom stereocenters. The molecule has 0 bridgehead atoms. The summed E-state index contributed by atoms with van der Waals surface area (Å²) in [6.45, 7) is 7.50. The average molecular weight is 614 g/mol. The first-order valence-electron chi connectivity index (χ1n) is 15.0. The van der Waals surface area contributed by atoms with E-state index < -0.39 is 5.92 Å². The third-order valence-electron chi connectivity index (χ3n) is 9.10. The zero-order valence-corrected chi connectivity index (χ0v) is 26.2. The number of nitrogens with zero attached hydrogens (tertiary/aromatic N) is 1. The van der Waals surface area contributed by atoms with Gasteiger partial charge >= 0.3 is 0 Å². The predicted octanol–water partition coefficient (Wildman–Crippen LogP) is 6.06. The van der Waals surface area contributed by atoms with Crippen LogP contribution < -0.4 is 21.5 Å². The summed E-state index contributed by atoms with van der Waals surface area (Å²) < 4.78 is 28.8. The van der Waals surface area contributed by atoms with Crippen LogP contribution in [0.15, 0.2) is 34.0 Å². The van der Waals surface area contributed by atoms with Crippen molar-refractivity contribution in [2.75, 3.05) is 11.6 Å². The van der Waals surface area contributed by atoms with Gasteiger partial charge in [0.05, 0.1) is 11.1 Å². The van der Waals surface area contributed by atoms with E-state index in [2.05, 4.69) is 32.4 Å². The highest BCUT2D eigenvalue weighted by Gasteiger charge is 2.46. The van der Waals surface area contributed by atoms with Crippen molar-refractivity contribution < 1.29 is 18.4 Å². The summed E-state index contributed by atoms with van der Waals surface area (Å²) in [5, 5.41) is 10.1. The van der Waals surface area contributed by atoms with Crippen LogP contribution in [0.25, 0.3) is 10.9 Å². The molecule has 2 aliphatic rings. The largest absolute Gasteiger partial charge is 0.348 e. The van der Waals surface area contributed by atoms with E-state index in [-0.39, 0.29) is 54.9 Å². The van der Waals surface area contributed by atoms with Crippen LogP contribution in [0.3, 0.4) is 0 Å². The van der Waals surface area contributed by atoms with Gasteiger partial charge in [0, 0.05) is 77.4 Å². The zero-order valence-electron chi connectivity index (χ0n) is 25.4. The Morgan fingerprint density at radius 3 is 2.44 bits per heavy atom. The second-order valence-electron chi connectivity index (χ2n) is 12.2. The molecule has 0 radical (unpaired) electrons. The van der Waals surface area contributed by atoms with Crippen molar-refractivity contribution in [2.24, 2.45) is 5.92 Å². The standard InChI is InChI=1S/C32H41F2N5O3S/c1-17-12-28(43-5)26(30(41)36-17)16-35-31(42)29-19(3)39(27-13-23(37-20(4)40)10-11-25(27)29)18(2)21-6-8-22(9-7-21)38-24-14-32(33,34)15-24/h10-13,18,21-22,24,38H,6-9,14-16H2,1-5H3,(H,35,42)(H,36,41)(H,37,40)/t18-,21?,22?/m1/s1. The number of carbonyl (C=O) groups is 2. The second kappa shape index (κ2) is 12.4. The summed E-state index contributed by atoms with van der Waals surface area (Å²) in [5.74, 6) is -2.63. The van der Waals surface area contributed by atoms with Crippen molar-refractivity contribution in [1.29, 1.82) is 0 Å². The molecule has 2 saturated carbocycles. The van der Waals surface area contributed by atoms with E-state index in [0.717, 1.165) is 52.9 Å². The number of pyridine rings is 1. The number of nitrogens with one attached hydrogen (secondary N) is 4. The topological polar surface area (TPSA) is 108 Å². The van der Waals surface area contributed by atoms with Gasteiger partial charge in [0.2, 0.25) is 5.91 Å². The molecule has 0 aliphatic heterocycles. The Bertz CT molecular complexity index is 1580. The fraction of sp³-hybridized carbons (Fsp3) is 0.531. The number of aryl methyl sites for hydroxylation is 1. The maximum Gasteiger partial charge on any atom is 0.254 e. The number of thioether (sulfide) groups is 1. The molecule has 11 heteroatoms. The van der Waals surface area contributed by atoms with Crippen molar-refractivity contribution >= 4 is 40.2 Å². The SMILES string of the molecule is CSc1cc(C)[nH]c(=O)c1CNC(=O)c1c(C)n([C@H](C)C2CCC(NC3CC(F)(F)C3)CC2)c2cc(NC(C)=O)ccc12. The number of rotatable bonds is 9. The third kappa shape index (κ3) is 6.67. The molecule has 2 heterocycles. The van der Waals surface area contributed by atoms with Crippen molar-refractivity contribution in [3.8, 4) is 0 Å². The van der Waals surface area contributed by atoms with Crippen LogP contribution >= 0.6 is 11.8 Å². The molecule has 0 saturated heterocycles. The van der Waals surface area contributed by atoms with E-state index in [0.29, 0.717) is 22.7 Å². The summed E-state index contributed by atoms with van der Waals surface area (Å²) in [6, 6.07) is 7.70. The van der Waals surface area contributed by atoms with E-state index in [1.165, 1.54) is 18.7 Å². The molecule has 2 amide bonds. The Hall–Kier alpha value is -3.18. The highest BCUT2D eigenvalue weighted by molar-refractivity contribution is 7.98. The molecule has 43 heavy (non-hydrogen) atoms. The molecule has 2 fully saturated rings. The molecule has 8 nitrogen and oxygen atoms in total. The number of aromatic nitrogens is 2. The summed E-state index contributed by atoms with van der Waals surface area (Å²) in [7, 11) is 0. The molecule has 1 atom stereocenters. The maximum absolute atomic E-state index is 13.8. The maximum atomic E-state index is 13.8. The molecule has 1 aromatic carbocycles. The van der Waals surface area contributed by atoms with Gasteiger partial charge in [0.25, 0.3) is 17.4 Å². The fourth-order valence-electron chi connectivity index (χ4n) is 6.92. The highest BCUT2D eigenvalue weighted by atomic mass is 32.2. The van der Waals surface area contributed by atoms with Gasteiger partial charge in [0.15, 0.2) is 0 Å². The summed E-state index contributed by atoms with van der Waals surface area (Å²) in [4.78, 5) is 41.9. The first-order valence-corrected chi connectivity index (χ1v) is 16.2. The number of carbonyl (C=O) groups excluding carboxylic acids is 2. The first-order chi connectivity index (χ1) is 20.4.